The fraction of sp³-hybridized carbons (Fsp3) is 0.500. The van der Waals surface area contributed by atoms with Crippen LogP contribution in [0.5, 0.6) is 0 Å². The fourth-order valence-corrected chi connectivity index (χ4v) is 3.53. The van der Waals surface area contributed by atoms with Gasteiger partial charge in [-0.1, -0.05) is 6.42 Å². The molecule has 0 fully saturated rings. The molecular formula is C12H14NO3S-. The second kappa shape index (κ2) is 4.87. The third-order valence-corrected chi connectivity index (χ3v) is 4.12. The maximum absolute atomic E-state index is 11.2. The number of hydrogen-bond acceptors (Lipinski definition) is 4. The Hall–Kier alpha value is -1.36. The first-order valence-corrected chi connectivity index (χ1v) is 6.54. The lowest BCUT2D eigenvalue weighted by Gasteiger charge is -2.08. The molecule has 17 heavy (non-hydrogen) atoms. The molecule has 0 saturated carbocycles. The number of rotatable bonds is 2. The highest BCUT2D eigenvalue weighted by Crippen LogP contribution is 2.37. The lowest BCUT2D eigenvalue weighted by molar-refractivity contribution is -0.254. The van der Waals surface area contributed by atoms with Gasteiger partial charge in [0.2, 0.25) is 5.91 Å². The van der Waals surface area contributed by atoms with Crippen LogP contribution in [0.25, 0.3) is 0 Å². The number of hydrogen-bond donors (Lipinski definition) is 1. The molecule has 0 aromatic carbocycles. The summed E-state index contributed by atoms with van der Waals surface area (Å²) < 4.78 is 0. The molecule has 0 saturated heterocycles. The maximum Gasteiger partial charge on any atom is 0.221 e. The van der Waals surface area contributed by atoms with E-state index in [1.165, 1.54) is 18.3 Å². The number of carbonyl (C=O) groups is 2. The van der Waals surface area contributed by atoms with Gasteiger partial charge in [0.25, 0.3) is 0 Å². The van der Waals surface area contributed by atoms with E-state index < -0.39 is 5.97 Å². The Morgan fingerprint density at radius 1 is 1.24 bits per heavy atom. The molecule has 1 N–H and O–H groups in total. The molecule has 92 valence electrons. The molecule has 1 aliphatic rings. The second-order valence-electron chi connectivity index (χ2n) is 4.24. The van der Waals surface area contributed by atoms with Crippen molar-refractivity contribution < 1.29 is 14.7 Å². The first kappa shape index (κ1) is 12.1. The summed E-state index contributed by atoms with van der Waals surface area (Å²) in [6.07, 6.45) is 4.89. The predicted octanol–water partition coefficient (Wildman–Crippen LogP) is 1.34. The van der Waals surface area contributed by atoms with Gasteiger partial charge in [0.05, 0.1) is 5.97 Å². The number of carboxylic acid groups (broad SMARTS) is 1. The largest absolute Gasteiger partial charge is 0.545 e. The van der Waals surface area contributed by atoms with E-state index in [0.717, 1.165) is 42.5 Å². The minimum Gasteiger partial charge on any atom is -0.545 e. The number of aromatic carboxylic acids is 1. The number of thiophene rings is 1. The van der Waals surface area contributed by atoms with Gasteiger partial charge in [0.1, 0.15) is 5.00 Å². The molecule has 1 aromatic rings. The lowest BCUT2D eigenvalue weighted by Crippen LogP contribution is -2.24. The molecule has 0 aliphatic heterocycles. The Bertz CT molecular complexity index is 465. The summed E-state index contributed by atoms with van der Waals surface area (Å²) in [7, 11) is 0. The summed E-state index contributed by atoms with van der Waals surface area (Å²) in [5.41, 5.74) is 1.07. The smallest absolute Gasteiger partial charge is 0.221 e. The Labute approximate surface area is 104 Å². The van der Waals surface area contributed by atoms with E-state index in [9.17, 15) is 14.7 Å². The van der Waals surface area contributed by atoms with E-state index in [1.807, 2.05) is 0 Å². The Balaban J connectivity index is 2.46. The summed E-state index contributed by atoms with van der Waals surface area (Å²) in [6, 6.07) is 0. The molecule has 1 aliphatic carbocycles. The summed E-state index contributed by atoms with van der Waals surface area (Å²) in [5, 5.41) is 14.2. The fourth-order valence-electron chi connectivity index (χ4n) is 2.21. The average Bonchev–Trinajstić information content (AvgIpc) is 2.42. The number of aryl methyl sites for hydroxylation is 1. The molecule has 0 unspecified atom stereocenters. The standard InChI is InChI=1S/C12H15NO3S/c1-7(14)13-11-10(12(15)16)8-5-3-2-4-6-9(8)17-11/h2-6H2,1H3,(H,13,14)(H,15,16)/p-1. The van der Waals surface area contributed by atoms with Crippen molar-refractivity contribution in [3.8, 4) is 0 Å². The third kappa shape index (κ3) is 2.49. The van der Waals surface area contributed by atoms with Crippen LogP contribution in [0.3, 0.4) is 0 Å². The molecule has 1 amide bonds. The highest BCUT2D eigenvalue weighted by atomic mass is 32.1. The second-order valence-corrected chi connectivity index (χ2v) is 5.34. The number of carboxylic acids is 1. The molecule has 1 heterocycles. The van der Waals surface area contributed by atoms with Crippen molar-refractivity contribution in [2.45, 2.75) is 39.0 Å². The molecular weight excluding hydrogens is 238 g/mol. The summed E-state index contributed by atoms with van der Waals surface area (Å²) in [5.74, 6) is -1.43. The van der Waals surface area contributed by atoms with Crippen molar-refractivity contribution in [1.29, 1.82) is 0 Å². The van der Waals surface area contributed by atoms with E-state index in [4.69, 9.17) is 0 Å². The topological polar surface area (TPSA) is 69.2 Å². The minimum atomic E-state index is -1.19. The number of anilines is 1. The van der Waals surface area contributed by atoms with Crippen LogP contribution in [0, 0.1) is 0 Å². The zero-order valence-electron chi connectivity index (χ0n) is 9.67. The average molecular weight is 252 g/mol. The normalized spacial score (nSPS) is 14.9. The lowest BCUT2D eigenvalue weighted by atomic mass is 10.1. The van der Waals surface area contributed by atoms with Crippen LogP contribution in [-0.4, -0.2) is 11.9 Å². The molecule has 0 radical (unpaired) electrons. The molecule has 1 aromatic heterocycles. The summed E-state index contributed by atoms with van der Waals surface area (Å²) in [4.78, 5) is 23.3. The predicted molar refractivity (Wildman–Crippen MR) is 64.2 cm³/mol. The Kier molecular flexibility index (Phi) is 3.47. The summed E-state index contributed by atoms with van der Waals surface area (Å²) in [6.45, 7) is 1.38. The van der Waals surface area contributed by atoms with Gasteiger partial charge in [0, 0.05) is 17.4 Å². The first-order chi connectivity index (χ1) is 8.09. The minimum absolute atomic E-state index is 0.196. The van der Waals surface area contributed by atoms with Crippen molar-refractivity contribution >= 4 is 28.2 Å². The Morgan fingerprint density at radius 2 is 1.94 bits per heavy atom. The number of fused-ring (bicyclic) bond motifs is 1. The van der Waals surface area contributed by atoms with Gasteiger partial charge in [-0.15, -0.1) is 11.3 Å². The van der Waals surface area contributed by atoms with E-state index >= 15 is 0 Å². The van der Waals surface area contributed by atoms with Gasteiger partial charge in [-0.3, -0.25) is 4.79 Å². The zero-order chi connectivity index (χ0) is 12.4. The number of carbonyl (C=O) groups excluding carboxylic acids is 2. The van der Waals surface area contributed by atoms with Gasteiger partial charge < -0.3 is 15.2 Å². The van der Waals surface area contributed by atoms with Crippen LogP contribution < -0.4 is 10.4 Å². The Morgan fingerprint density at radius 3 is 2.59 bits per heavy atom. The van der Waals surface area contributed by atoms with Crippen LogP contribution in [0.15, 0.2) is 0 Å². The van der Waals surface area contributed by atoms with Crippen LogP contribution in [0.2, 0.25) is 0 Å². The number of amides is 1. The summed E-state index contributed by atoms with van der Waals surface area (Å²) >= 11 is 1.38. The van der Waals surface area contributed by atoms with Crippen LogP contribution >= 0.6 is 11.3 Å². The van der Waals surface area contributed by atoms with E-state index in [1.54, 1.807) is 0 Å². The van der Waals surface area contributed by atoms with E-state index in [-0.39, 0.29) is 11.5 Å². The van der Waals surface area contributed by atoms with E-state index in [0.29, 0.717) is 5.00 Å². The highest BCUT2D eigenvalue weighted by molar-refractivity contribution is 7.17. The quantitative estimate of drug-likeness (QED) is 0.807. The van der Waals surface area contributed by atoms with Crippen LogP contribution in [-0.2, 0) is 17.6 Å². The SMILES string of the molecule is CC(=O)Nc1sc2c(c1C(=O)[O-])CCCCC2. The van der Waals surface area contributed by atoms with Gasteiger partial charge >= 0.3 is 0 Å². The number of nitrogens with one attached hydrogen (secondary N) is 1. The molecule has 0 bridgehead atoms. The third-order valence-electron chi connectivity index (χ3n) is 2.91. The van der Waals surface area contributed by atoms with Crippen molar-refractivity contribution in [2.24, 2.45) is 0 Å². The van der Waals surface area contributed by atoms with Gasteiger partial charge in [-0.2, -0.15) is 0 Å². The maximum atomic E-state index is 11.2. The van der Waals surface area contributed by atoms with Gasteiger partial charge in [-0.05, 0) is 31.2 Å². The molecule has 0 atom stereocenters. The first-order valence-electron chi connectivity index (χ1n) is 5.73. The molecule has 2 rings (SSSR count). The highest BCUT2D eigenvalue weighted by Gasteiger charge is 2.20. The van der Waals surface area contributed by atoms with Crippen LogP contribution in [0.4, 0.5) is 5.00 Å². The van der Waals surface area contributed by atoms with Crippen molar-refractivity contribution in [3.63, 3.8) is 0 Å². The molecule has 5 heteroatoms. The van der Waals surface area contributed by atoms with Crippen molar-refractivity contribution in [3.05, 3.63) is 16.0 Å². The van der Waals surface area contributed by atoms with Crippen molar-refractivity contribution in [2.75, 3.05) is 5.32 Å². The van der Waals surface area contributed by atoms with E-state index in [2.05, 4.69) is 5.32 Å². The van der Waals surface area contributed by atoms with Crippen LogP contribution in [0.1, 0.15) is 47.0 Å². The van der Waals surface area contributed by atoms with Gasteiger partial charge in [-0.25, -0.2) is 0 Å². The van der Waals surface area contributed by atoms with Crippen molar-refractivity contribution in [1.82, 2.24) is 0 Å². The van der Waals surface area contributed by atoms with Gasteiger partial charge in [0.15, 0.2) is 0 Å². The monoisotopic (exact) mass is 252 g/mol. The molecule has 4 nitrogen and oxygen atoms in total. The molecule has 0 spiro atoms. The zero-order valence-corrected chi connectivity index (χ0v) is 10.5.